The molecule has 6 nitrogen and oxygen atoms in total. The fraction of sp³-hybridized carbons (Fsp3) is 0.500. The van der Waals surface area contributed by atoms with Gasteiger partial charge in [-0.3, -0.25) is 9.59 Å². The monoisotopic (exact) mass is 360 g/mol. The Labute approximate surface area is 154 Å². The van der Waals surface area contributed by atoms with E-state index in [4.69, 9.17) is 4.74 Å². The van der Waals surface area contributed by atoms with Crippen LogP contribution >= 0.6 is 0 Å². The summed E-state index contributed by atoms with van der Waals surface area (Å²) in [5.41, 5.74) is 2.15. The molecule has 6 heteroatoms. The first-order valence-corrected chi connectivity index (χ1v) is 8.97. The molecular weight excluding hydrogens is 332 g/mol. The largest absolute Gasteiger partial charge is 0.394 e. The molecule has 1 saturated heterocycles. The number of aliphatic hydroxyl groups excluding tert-OH is 1. The fourth-order valence-electron chi connectivity index (χ4n) is 3.55. The maximum absolute atomic E-state index is 12.4. The lowest BCUT2D eigenvalue weighted by Gasteiger charge is -2.55. The van der Waals surface area contributed by atoms with Crippen LogP contribution in [0.3, 0.4) is 0 Å². The second-order valence-corrected chi connectivity index (χ2v) is 6.40. The van der Waals surface area contributed by atoms with E-state index < -0.39 is 0 Å². The Kier molecular flexibility index (Phi) is 7.36. The van der Waals surface area contributed by atoms with Gasteiger partial charge in [-0.25, -0.2) is 0 Å². The quantitative estimate of drug-likeness (QED) is 0.737. The van der Waals surface area contributed by atoms with Gasteiger partial charge in [-0.1, -0.05) is 43.3 Å². The minimum absolute atomic E-state index is 0.0300. The molecule has 1 aliphatic rings. The van der Waals surface area contributed by atoms with Crippen LogP contribution in [0.2, 0.25) is 0 Å². The van der Waals surface area contributed by atoms with Gasteiger partial charge in [0.1, 0.15) is 6.61 Å². The number of benzene rings is 1. The molecule has 2 rings (SSSR count). The van der Waals surface area contributed by atoms with Crippen molar-refractivity contribution in [2.75, 3.05) is 26.9 Å². The van der Waals surface area contributed by atoms with E-state index in [2.05, 4.69) is 5.32 Å². The number of ether oxygens (including phenoxy) is 1. The first kappa shape index (κ1) is 20.1. The third-order valence-corrected chi connectivity index (χ3v) is 4.80. The minimum atomic E-state index is -0.311. The summed E-state index contributed by atoms with van der Waals surface area (Å²) in [5, 5.41) is 12.7. The van der Waals surface area contributed by atoms with Crippen LogP contribution in [0.1, 0.15) is 37.3 Å². The van der Waals surface area contributed by atoms with Gasteiger partial charge >= 0.3 is 0 Å². The number of amides is 2. The van der Waals surface area contributed by atoms with Crippen LogP contribution in [0.25, 0.3) is 6.08 Å². The number of nitrogens with one attached hydrogen (secondary N) is 1. The molecule has 0 radical (unpaired) electrons. The van der Waals surface area contributed by atoms with Gasteiger partial charge in [-0.2, -0.15) is 0 Å². The molecule has 1 heterocycles. The number of hydrogen-bond acceptors (Lipinski definition) is 4. The van der Waals surface area contributed by atoms with Crippen LogP contribution in [0.5, 0.6) is 0 Å². The van der Waals surface area contributed by atoms with Gasteiger partial charge in [0, 0.05) is 26.0 Å². The molecule has 0 spiro atoms. The molecule has 0 unspecified atom stereocenters. The van der Waals surface area contributed by atoms with E-state index in [-0.39, 0.29) is 43.0 Å². The van der Waals surface area contributed by atoms with E-state index >= 15 is 0 Å². The second-order valence-electron chi connectivity index (χ2n) is 6.40. The molecule has 0 saturated carbocycles. The summed E-state index contributed by atoms with van der Waals surface area (Å²) in [5.74, 6) is -0.263. The summed E-state index contributed by atoms with van der Waals surface area (Å²) in [4.78, 5) is 25.7. The van der Waals surface area contributed by atoms with Crippen molar-refractivity contribution in [3.63, 3.8) is 0 Å². The topological polar surface area (TPSA) is 78.9 Å². The van der Waals surface area contributed by atoms with Crippen molar-refractivity contribution >= 4 is 17.9 Å². The van der Waals surface area contributed by atoms with Crippen molar-refractivity contribution in [2.45, 2.75) is 38.3 Å². The fourth-order valence-corrected chi connectivity index (χ4v) is 3.55. The maximum atomic E-state index is 12.4. The van der Waals surface area contributed by atoms with Crippen molar-refractivity contribution < 1.29 is 19.4 Å². The Morgan fingerprint density at radius 1 is 1.27 bits per heavy atom. The zero-order valence-corrected chi connectivity index (χ0v) is 15.6. The molecule has 1 aromatic rings. The zero-order chi connectivity index (χ0) is 19.1. The lowest BCUT2D eigenvalue weighted by molar-refractivity contribution is -0.155. The minimum Gasteiger partial charge on any atom is -0.394 e. The van der Waals surface area contributed by atoms with Gasteiger partial charge in [0.15, 0.2) is 0 Å². The summed E-state index contributed by atoms with van der Waals surface area (Å²) >= 11 is 0. The molecule has 3 atom stereocenters. The molecule has 1 aromatic carbocycles. The number of carbonyl (C=O) groups is 2. The SMILES string of the molecule is C/C=C/c1ccc([C@@H]2[C@H](CO)N(C(=O)COC)[C@H]2CNC(=O)CC)cc1. The second kappa shape index (κ2) is 9.50. The highest BCUT2D eigenvalue weighted by atomic mass is 16.5. The average Bonchev–Trinajstić information content (AvgIpc) is 2.62. The summed E-state index contributed by atoms with van der Waals surface area (Å²) in [7, 11) is 1.47. The number of nitrogens with zero attached hydrogens (tertiary/aromatic N) is 1. The van der Waals surface area contributed by atoms with E-state index in [1.165, 1.54) is 7.11 Å². The van der Waals surface area contributed by atoms with E-state index in [0.717, 1.165) is 11.1 Å². The number of methoxy groups -OCH3 is 1. The highest BCUT2D eigenvalue weighted by molar-refractivity contribution is 5.80. The first-order chi connectivity index (χ1) is 12.6. The Balaban J connectivity index is 2.24. The number of allylic oxidation sites excluding steroid dienone is 1. The predicted molar refractivity (Wildman–Crippen MR) is 101 cm³/mol. The van der Waals surface area contributed by atoms with Crippen LogP contribution in [0.15, 0.2) is 30.3 Å². The van der Waals surface area contributed by atoms with Crippen LogP contribution in [0, 0.1) is 0 Å². The molecule has 2 amide bonds. The van der Waals surface area contributed by atoms with E-state index in [1.54, 1.807) is 11.8 Å². The Hall–Kier alpha value is -2.18. The number of carbonyl (C=O) groups excluding carboxylic acids is 2. The Morgan fingerprint density at radius 2 is 1.96 bits per heavy atom. The van der Waals surface area contributed by atoms with Crippen molar-refractivity contribution in [3.8, 4) is 0 Å². The molecule has 0 aromatic heterocycles. The number of aliphatic hydroxyl groups is 1. The third kappa shape index (κ3) is 4.31. The number of rotatable bonds is 8. The highest BCUT2D eigenvalue weighted by Gasteiger charge is 2.50. The molecule has 0 bridgehead atoms. The van der Waals surface area contributed by atoms with Gasteiger partial charge in [0.05, 0.1) is 18.7 Å². The van der Waals surface area contributed by atoms with E-state index in [9.17, 15) is 14.7 Å². The lowest BCUT2D eigenvalue weighted by atomic mass is 9.74. The normalized spacial score (nSPS) is 22.3. The zero-order valence-electron chi connectivity index (χ0n) is 15.6. The van der Waals surface area contributed by atoms with Gasteiger partial charge < -0.3 is 20.1 Å². The molecule has 1 aliphatic heterocycles. The van der Waals surface area contributed by atoms with Gasteiger partial charge in [-0.05, 0) is 18.1 Å². The first-order valence-electron chi connectivity index (χ1n) is 8.97. The molecule has 26 heavy (non-hydrogen) atoms. The molecule has 1 fully saturated rings. The van der Waals surface area contributed by atoms with Crippen molar-refractivity contribution in [1.82, 2.24) is 10.2 Å². The Morgan fingerprint density at radius 3 is 2.50 bits per heavy atom. The maximum Gasteiger partial charge on any atom is 0.249 e. The van der Waals surface area contributed by atoms with Crippen molar-refractivity contribution in [2.24, 2.45) is 0 Å². The molecule has 2 N–H and O–H groups in total. The highest BCUT2D eigenvalue weighted by Crippen LogP contribution is 2.40. The van der Waals surface area contributed by atoms with E-state index in [0.29, 0.717) is 13.0 Å². The van der Waals surface area contributed by atoms with Gasteiger partial charge in [0.25, 0.3) is 0 Å². The molecule has 142 valence electrons. The Bertz CT molecular complexity index is 642. The van der Waals surface area contributed by atoms with Crippen LogP contribution in [-0.2, 0) is 14.3 Å². The van der Waals surface area contributed by atoms with Crippen LogP contribution < -0.4 is 5.32 Å². The average molecular weight is 360 g/mol. The van der Waals surface area contributed by atoms with Gasteiger partial charge in [0.2, 0.25) is 11.8 Å². The van der Waals surface area contributed by atoms with Gasteiger partial charge in [-0.15, -0.1) is 0 Å². The number of likely N-dealkylation sites (tertiary alicyclic amines) is 1. The van der Waals surface area contributed by atoms with E-state index in [1.807, 2.05) is 43.3 Å². The lowest BCUT2D eigenvalue weighted by Crippen LogP contribution is -2.69. The summed E-state index contributed by atoms with van der Waals surface area (Å²) < 4.78 is 4.96. The van der Waals surface area contributed by atoms with Crippen molar-refractivity contribution in [3.05, 3.63) is 41.5 Å². The van der Waals surface area contributed by atoms with Crippen LogP contribution in [0.4, 0.5) is 0 Å². The summed E-state index contributed by atoms with van der Waals surface area (Å²) in [6.45, 7) is 3.95. The van der Waals surface area contributed by atoms with Crippen molar-refractivity contribution in [1.29, 1.82) is 0 Å². The third-order valence-electron chi connectivity index (χ3n) is 4.80. The number of hydrogen-bond donors (Lipinski definition) is 2. The summed E-state index contributed by atoms with van der Waals surface area (Å²) in [6, 6.07) is 7.58. The smallest absolute Gasteiger partial charge is 0.249 e. The van der Waals surface area contributed by atoms with Crippen LogP contribution in [-0.4, -0.2) is 60.8 Å². The standard InChI is InChI=1S/C20H28N2O4/c1-4-6-14-7-9-15(10-8-14)20-16(11-21-18(24)5-2)22(17(20)12-23)19(25)13-26-3/h4,6-10,16-17,20,23H,5,11-13H2,1-3H3,(H,21,24)/b6-4+/t16-,17-,20-/m0/s1. The molecular formula is C20H28N2O4. The predicted octanol–water partition coefficient (Wildman–Crippen LogP) is 1.55. The summed E-state index contributed by atoms with van der Waals surface area (Å²) in [6.07, 6.45) is 4.38. The molecule has 0 aliphatic carbocycles.